The summed E-state index contributed by atoms with van der Waals surface area (Å²) in [6.07, 6.45) is 1.49. The smallest absolute Gasteiger partial charge is 0.255 e. The normalized spacial score (nSPS) is 10.3. The van der Waals surface area contributed by atoms with Crippen molar-refractivity contribution in [2.45, 2.75) is 6.92 Å². The lowest BCUT2D eigenvalue weighted by atomic mass is 10.2. The van der Waals surface area contributed by atoms with Crippen LogP contribution < -0.4 is 10.9 Å². The van der Waals surface area contributed by atoms with Gasteiger partial charge in [-0.2, -0.15) is 0 Å². The summed E-state index contributed by atoms with van der Waals surface area (Å²) in [4.78, 5) is 23.3. The van der Waals surface area contributed by atoms with Gasteiger partial charge in [0.05, 0.1) is 5.69 Å². The van der Waals surface area contributed by atoms with Crippen LogP contribution in [0.3, 0.4) is 0 Å². The van der Waals surface area contributed by atoms with Crippen molar-refractivity contribution in [3.8, 4) is 0 Å². The summed E-state index contributed by atoms with van der Waals surface area (Å²) in [5.41, 5.74) is 0.764. The van der Waals surface area contributed by atoms with Crippen LogP contribution in [0, 0.1) is 12.7 Å². The molecule has 0 aliphatic carbocycles. The van der Waals surface area contributed by atoms with Crippen molar-refractivity contribution in [3.05, 3.63) is 63.8 Å². The standard InChI is InChI=1S/C14H13FN2O2/c1-9-3-4-12(11(15)7-9)16-14(19)10-5-6-17(2)13(18)8-10/h3-8H,1-2H3,(H,16,19). The minimum atomic E-state index is -0.513. The van der Waals surface area contributed by atoms with Gasteiger partial charge >= 0.3 is 0 Å². The molecule has 0 atom stereocenters. The highest BCUT2D eigenvalue weighted by atomic mass is 19.1. The second kappa shape index (κ2) is 5.06. The number of benzene rings is 1. The molecule has 0 bridgehead atoms. The fourth-order valence-corrected chi connectivity index (χ4v) is 1.61. The number of halogens is 1. The molecule has 1 N–H and O–H groups in total. The molecule has 1 heterocycles. The Morgan fingerprint density at radius 2 is 2.00 bits per heavy atom. The molecule has 5 heteroatoms. The number of amides is 1. The highest BCUT2D eigenvalue weighted by Crippen LogP contribution is 2.16. The van der Waals surface area contributed by atoms with Crippen molar-refractivity contribution in [2.24, 2.45) is 7.05 Å². The molecule has 0 radical (unpaired) electrons. The molecule has 98 valence electrons. The lowest BCUT2D eigenvalue weighted by molar-refractivity contribution is 0.102. The van der Waals surface area contributed by atoms with E-state index in [1.165, 1.54) is 35.0 Å². The number of hydrogen-bond acceptors (Lipinski definition) is 2. The quantitative estimate of drug-likeness (QED) is 0.898. The summed E-state index contributed by atoms with van der Waals surface area (Å²) in [6, 6.07) is 7.23. The SMILES string of the molecule is Cc1ccc(NC(=O)c2ccn(C)c(=O)c2)c(F)c1. The van der Waals surface area contributed by atoms with Crippen LogP contribution in [-0.2, 0) is 7.05 Å². The van der Waals surface area contributed by atoms with Gasteiger partial charge in [0.15, 0.2) is 0 Å². The first-order chi connectivity index (χ1) is 8.97. The van der Waals surface area contributed by atoms with Crippen molar-refractivity contribution in [1.82, 2.24) is 4.57 Å². The number of pyridine rings is 1. The molecular formula is C14H13FN2O2. The number of aryl methyl sites for hydroxylation is 2. The van der Waals surface area contributed by atoms with Gasteiger partial charge in [0.1, 0.15) is 5.82 Å². The zero-order chi connectivity index (χ0) is 14.0. The molecule has 1 aromatic carbocycles. The Bertz CT molecular complexity index is 692. The Labute approximate surface area is 109 Å². The van der Waals surface area contributed by atoms with Gasteiger partial charge in [-0.15, -0.1) is 0 Å². The van der Waals surface area contributed by atoms with Crippen molar-refractivity contribution < 1.29 is 9.18 Å². The molecule has 1 amide bonds. The lowest BCUT2D eigenvalue weighted by Gasteiger charge is -2.07. The van der Waals surface area contributed by atoms with Gasteiger partial charge in [0.25, 0.3) is 11.5 Å². The first-order valence-electron chi connectivity index (χ1n) is 5.71. The average molecular weight is 260 g/mol. The van der Waals surface area contributed by atoms with Gasteiger partial charge in [-0.1, -0.05) is 6.07 Å². The molecule has 0 aliphatic heterocycles. The molecule has 0 saturated carbocycles. The maximum absolute atomic E-state index is 13.6. The van der Waals surface area contributed by atoms with E-state index >= 15 is 0 Å². The maximum atomic E-state index is 13.6. The summed E-state index contributed by atoms with van der Waals surface area (Å²) in [5, 5.41) is 2.44. The molecule has 0 fully saturated rings. The Morgan fingerprint density at radius 3 is 2.63 bits per heavy atom. The van der Waals surface area contributed by atoms with Crippen LogP contribution in [0.5, 0.6) is 0 Å². The van der Waals surface area contributed by atoms with E-state index in [1.54, 1.807) is 20.0 Å². The molecular weight excluding hydrogens is 247 g/mol. The van der Waals surface area contributed by atoms with Crippen LogP contribution in [-0.4, -0.2) is 10.5 Å². The summed E-state index contributed by atoms with van der Waals surface area (Å²) in [6.45, 7) is 1.76. The van der Waals surface area contributed by atoms with Crippen molar-refractivity contribution in [3.63, 3.8) is 0 Å². The van der Waals surface area contributed by atoms with Gasteiger partial charge in [-0.05, 0) is 30.7 Å². The molecule has 1 aromatic heterocycles. The van der Waals surface area contributed by atoms with E-state index in [4.69, 9.17) is 0 Å². The number of aromatic nitrogens is 1. The number of nitrogens with one attached hydrogen (secondary N) is 1. The largest absolute Gasteiger partial charge is 0.319 e. The third-order valence-electron chi connectivity index (χ3n) is 2.74. The number of nitrogens with zero attached hydrogens (tertiary/aromatic N) is 1. The predicted molar refractivity (Wildman–Crippen MR) is 70.8 cm³/mol. The van der Waals surface area contributed by atoms with Crippen molar-refractivity contribution >= 4 is 11.6 Å². The van der Waals surface area contributed by atoms with Gasteiger partial charge < -0.3 is 9.88 Å². The molecule has 2 aromatic rings. The van der Waals surface area contributed by atoms with Gasteiger partial charge in [0, 0.05) is 24.9 Å². The van der Waals surface area contributed by atoms with E-state index < -0.39 is 11.7 Å². The van der Waals surface area contributed by atoms with Crippen LogP contribution in [0.1, 0.15) is 15.9 Å². The Hall–Kier alpha value is -2.43. The summed E-state index contributed by atoms with van der Waals surface area (Å²) >= 11 is 0. The second-order valence-electron chi connectivity index (χ2n) is 4.30. The predicted octanol–water partition coefficient (Wildman–Crippen LogP) is 2.09. The molecule has 4 nitrogen and oxygen atoms in total. The van der Waals surface area contributed by atoms with E-state index in [-0.39, 0.29) is 16.8 Å². The van der Waals surface area contributed by atoms with E-state index in [2.05, 4.69) is 5.32 Å². The minimum absolute atomic E-state index is 0.0938. The molecule has 0 aliphatic rings. The van der Waals surface area contributed by atoms with Gasteiger partial charge in [-0.3, -0.25) is 9.59 Å². The number of carbonyl (C=O) groups is 1. The average Bonchev–Trinajstić information content (AvgIpc) is 2.36. The van der Waals surface area contributed by atoms with Crippen LogP contribution in [0.2, 0.25) is 0 Å². The van der Waals surface area contributed by atoms with Crippen LogP contribution in [0.4, 0.5) is 10.1 Å². The fourth-order valence-electron chi connectivity index (χ4n) is 1.61. The number of anilines is 1. The van der Waals surface area contributed by atoms with Crippen molar-refractivity contribution in [2.75, 3.05) is 5.32 Å². The van der Waals surface area contributed by atoms with Crippen LogP contribution >= 0.6 is 0 Å². The Balaban J connectivity index is 2.25. The highest BCUT2D eigenvalue weighted by Gasteiger charge is 2.10. The number of carbonyl (C=O) groups excluding carboxylic acids is 1. The monoisotopic (exact) mass is 260 g/mol. The minimum Gasteiger partial charge on any atom is -0.319 e. The van der Waals surface area contributed by atoms with Crippen molar-refractivity contribution in [1.29, 1.82) is 0 Å². The fraction of sp³-hybridized carbons (Fsp3) is 0.143. The molecule has 0 unspecified atom stereocenters. The Kier molecular flexibility index (Phi) is 3.46. The molecule has 19 heavy (non-hydrogen) atoms. The van der Waals surface area contributed by atoms with Gasteiger partial charge in [-0.25, -0.2) is 4.39 Å². The van der Waals surface area contributed by atoms with Gasteiger partial charge in [0.2, 0.25) is 0 Å². The van der Waals surface area contributed by atoms with Crippen LogP contribution in [0.25, 0.3) is 0 Å². The second-order valence-corrected chi connectivity index (χ2v) is 4.30. The molecule has 0 spiro atoms. The summed E-state index contributed by atoms with van der Waals surface area (Å²) in [7, 11) is 1.59. The third-order valence-corrected chi connectivity index (χ3v) is 2.74. The van der Waals surface area contributed by atoms with E-state index in [0.717, 1.165) is 5.56 Å². The molecule has 2 rings (SSSR count). The first kappa shape index (κ1) is 13.0. The number of rotatable bonds is 2. The zero-order valence-electron chi connectivity index (χ0n) is 10.6. The zero-order valence-corrected chi connectivity index (χ0v) is 10.6. The lowest BCUT2D eigenvalue weighted by Crippen LogP contribution is -2.20. The third kappa shape index (κ3) is 2.88. The first-order valence-corrected chi connectivity index (χ1v) is 5.71. The summed E-state index contributed by atoms with van der Waals surface area (Å²) in [5.74, 6) is -1.02. The molecule has 0 saturated heterocycles. The maximum Gasteiger partial charge on any atom is 0.255 e. The topological polar surface area (TPSA) is 51.1 Å². The van der Waals surface area contributed by atoms with E-state index in [1.807, 2.05) is 0 Å². The van der Waals surface area contributed by atoms with Crippen LogP contribution in [0.15, 0.2) is 41.3 Å². The summed E-state index contributed by atoms with van der Waals surface area (Å²) < 4.78 is 14.9. The van der Waals surface area contributed by atoms with E-state index in [9.17, 15) is 14.0 Å². The Morgan fingerprint density at radius 1 is 1.26 bits per heavy atom. The number of hydrogen-bond donors (Lipinski definition) is 1. The highest BCUT2D eigenvalue weighted by molar-refractivity contribution is 6.04. The van der Waals surface area contributed by atoms with E-state index in [0.29, 0.717) is 0 Å².